The second kappa shape index (κ2) is 12.8. The number of nitrogens with one attached hydrogen (secondary N) is 1. The zero-order chi connectivity index (χ0) is 13.9. The molecule has 4 nitrogen and oxygen atoms in total. The Morgan fingerprint density at radius 1 is 1.05 bits per heavy atom. The SMILES string of the molecule is CCO[C@@H]1CCCN(C)C1.CCO[C@@H]1CCCNC1.Cl. The predicted octanol–water partition coefficient (Wildman–Crippen LogP) is 2.31. The molecule has 20 heavy (non-hydrogen) atoms. The number of halogens is 1. The molecule has 1 N–H and O–H groups in total. The third kappa shape index (κ3) is 9.14. The van der Waals surface area contributed by atoms with Crippen molar-refractivity contribution in [1.29, 1.82) is 0 Å². The molecule has 2 saturated heterocycles. The summed E-state index contributed by atoms with van der Waals surface area (Å²) in [6, 6.07) is 0. The lowest BCUT2D eigenvalue weighted by Gasteiger charge is -2.29. The summed E-state index contributed by atoms with van der Waals surface area (Å²) in [7, 11) is 2.16. The van der Waals surface area contributed by atoms with Crippen LogP contribution >= 0.6 is 12.4 Å². The molecule has 0 radical (unpaired) electrons. The molecule has 2 atom stereocenters. The van der Waals surface area contributed by atoms with Crippen molar-refractivity contribution in [1.82, 2.24) is 10.2 Å². The highest BCUT2D eigenvalue weighted by molar-refractivity contribution is 5.85. The second-order valence-electron chi connectivity index (χ2n) is 5.41. The monoisotopic (exact) mass is 308 g/mol. The largest absolute Gasteiger partial charge is 0.377 e. The van der Waals surface area contributed by atoms with Gasteiger partial charge in [0.15, 0.2) is 0 Å². The summed E-state index contributed by atoms with van der Waals surface area (Å²) >= 11 is 0. The Hall–Kier alpha value is 0.130. The molecule has 0 aromatic rings. The molecule has 0 unspecified atom stereocenters. The van der Waals surface area contributed by atoms with Gasteiger partial charge in [0.1, 0.15) is 0 Å². The van der Waals surface area contributed by atoms with Gasteiger partial charge in [0.25, 0.3) is 0 Å². The molecule has 2 aliphatic rings. The normalized spacial score (nSPS) is 27.1. The van der Waals surface area contributed by atoms with Gasteiger partial charge in [-0.2, -0.15) is 0 Å². The molecule has 0 aliphatic carbocycles. The van der Waals surface area contributed by atoms with Crippen LogP contribution in [0.1, 0.15) is 39.5 Å². The van der Waals surface area contributed by atoms with Crippen molar-refractivity contribution >= 4 is 12.4 Å². The number of nitrogens with zero attached hydrogens (tertiary/aromatic N) is 1. The first-order chi connectivity index (χ1) is 9.26. The van der Waals surface area contributed by atoms with Crippen LogP contribution in [0.25, 0.3) is 0 Å². The van der Waals surface area contributed by atoms with Crippen molar-refractivity contribution in [2.45, 2.75) is 51.7 Å². The Labute approximate surface area is 131 Å². The Bertz CT molecular complexity index is 209. The van der Waals surface area contributed by atoms with Gasteiger partial charge < -0.3 is 19.7 Å². The Morgan fingerprint density at radius 3 is 2.25 bits per heavy atom. The summed E-state index contributed by atoms with van der Waals surface area (Å²) in [5.41, 5.74) is 0. The third-order valence-electron chi connectivity index (χ3n) is 3.64. The molecule has 2 rings (SSSR count). The molecule has 0 saturated carbocycles. The van der Waals surface area contributed by atoms with Crippen LogP contribution in [0, 0.1) is 0 Å². The first kappa shape index (κ1) is 20.1. The maximum atomic E-state index is 5.51. The van der Waals surface area contributed by atoms with E-state index in [1.807, 2.05) is 0 Å². The third-order valence-corrected chi connectivity index (χ3v) is 3.64. The van der Waals surface area contributed by atoms with Crippen LogP contribution in [0.15, 0.2) is 0 Å². The first-order valence-corrected chi connectivity index (χ1v) is 7.88. The van der Waals surface area contributed by atoms with E-state index in [1.54, 1.807) is 0 Å². The van der Waals surface area contributed by atoms with Gasteiger partial charge in [0.05, 0.1) is 12.2 Å². The molecule has 0 aromatic heterocycles. The van der Waals surface area contributed by atoms with Crippen molar-refractivity contribution in [3.05, 3.63) is 0 Å². The highest BCUT2D eigenvalue weighted by Gasteiger charge is 2.16. The number of likely N-dealkylation sites (tertiary alicyclic amines) is 1. The van der Waals surface area contributed by atoms with E-state index in [1.165, 1.54) is 38.8 Å². The van der Waals surface area contributed by atoms with E-state index in [4.69, 9.17) is 9.47 Å². The van der Waals surface area contributed by atoms with Crippen molar-refractivity contribution in [3.63, 3.8) is 0 Å². The molecular formula is C15H33ClN2O2. The minimum Gasteiger partial charge on any atom is -0.377 e. The number of hydrogen-bond donors (Lipinski definition) is 1. The van der Waals surface area contributed by atoms with Crippen LogP contribution in [0.2, 0.25) is 0 Å². The topological polar surface area (TPSA) is 33.7 Å². The van der Waals surface area contributed by atoms with Gasteiger partial charge >= 0.3 is 0 Å². The fraction of sp³-hybridized carbons (Fsp3) is 1.00. The van der Waals surface area contributed by atoms with E-state index < -0.39 is 0 Å². The maximum Gasteiger partial charge on any atom is 0.0702 e. The van der Waals surface area contributed by atoms with Crippen LogP contribution < -0.4 is 5.32 Å². The van der Waals surface area contributed by atoms with Crippen molar-refractivity contribution < 1.29 is 9.47 Å². The fourth-order valence-electron chi connectivity index (χ4n) is 2.69. The summed E-state index contributed by atoms with van der Waals surface area (Å²) in [5.74, 6) is 0. The second-order valence-corrected chi connectivity index (χ2v) is 5.41. The molecule has 2 fully saturated rings. The number of piperidine rings is 2. The van der Waals surface area contributed by atoms with E-state index >= 15 is 0 Å². The standard InChI is InChI=1S/C8H17NO.C7H15NO.ClH/c1-3-10-8-5-4-6-9(2)7-8;1-2-9-7-4-3-5-8-6-7;/h8H,3-7H2,1-2H3;7-8H,2-6H2,1H3;1H/t8-;7-;/m11./s1. The Kier molecular flexibility index (Phi) is 12.9. The smallest absolute Gasteiger partial charge is 0.0702 e. The number of hydrogen-bond acceptors (Lipinski definition) is 4. The predicted molar refractivity (Wildman–Crippen MR) is 86.9 cm³/mol. The molecular weight excluding hydrogens is 276 g/mol. The minimum atomic E-state index is 0. The zero-order valence-corrected chi connectivity index (χ0v) is 14.2. The van der Waals surface area contributed by atoms with E-state index in [2.05, 4.69) is 31.1 Å². The highest BCUT2D eigenvalue weighted by Crippen LogP contribution is 2.10. The van der Waals surface area contributed by atoms with Crippen molar-refractivity contribution in [2.24, 2.45) is 0 Å². The number of rotatable bonds is 4. The van der Waals surface area contributed by atoms with E-state index in [-0.39, 0.29) is 12.4 Å². The van der Waals surface area contributed by atoms with Gasteiger partial charge in [-0.05, 0) is 59.7 Å². The fourth-order valence-corrected chi connectivity index (χ4v) is 2.69. The molecule has 0 spiro atoms. The summed E-state index contributed by atoms with van der Waals surface area (Å²) in [4.78, 5) is 2.34. The average molecular weight is 309 g/mol. The minimum absolute atomic E-state index is 0. The molecule has 0 aromatic carbocycles. The van der Waals surface area contributed by atoms with Gasteiger partial charge in [0, 0.05) is 26.3 Å². The highest BCUT2D eigenvalue weighted by atomic mass is 35.5. The van der Waals surface area contributed by atoms with Crippen LogP contribution in [0.5, 0.6) is 0 Å². The van der Waals surface area contributed by atoms with E-state index in [0.29, 0.717) is 12.2 Å². The molecule has 0 bridgehead atoms. The summed E-state index contributed by atoms with van der Waals surface area (Å²) in [5, 5.41) is 3.29. The molecule has 0 amide bonds. The number of ether oxygens (including phenoxy) is 2. The summed E-state index contributed by atoms with van der Waals surface area (Å²) < 4.78 is 10.9. The van der Waals surface area contributed by atoms with E-state index in [0.717, 1.165) is 26.3 Å². The van der Waals surface area contributed by atoms with Gasteiger partial charge in [-0.15, -0.1) is 12.4 Å². The lowest BCUT2D eigenvalue weighted by Crippen LogP contribution is -2.36. The molecule has 5 heteroatoms. The summed E-state index contributed by atoms with van der Waals surface area (Å²) in [6.45, 7) is 10.4. The zero-order valence-electron chi connectivity index (χ0n) is 13.4. The van der Waals surface area contributed by atoms with Gasteiger partial charge in [-0.3, -0.25) is 0 Å². The average Bonchev–Trinajstić information content (AvgIpc) is 2.41. The van der Waals surface area contributed by atoms with Crippen LogP contribution in [0.4, 0.5) is 0 Å². The first-order valence-electron chi connectivity index (χ1n) is 7.88. The Balaban J connectivity index is 0.000000345. The van der Waals surface area contributed by atoms with Crippen LogP contribution in [0.3, 0.4) is 0 Å². The molecule has 2 aliphatic heterocycles. The lowest BCUT2D eigenvalue weighted by molar-refractivity contribution is 0.0133. The number of likely N-dealkylation sites (N-methyl/N-ethyl adjacent to an activating group) is 1. The van der Waals surface area contributed by atoms with Crippen molar-refractivity contribution in [3.8, 4) is 0 Å². The van der Waals surface area contributed by atoms with E-state index in [9.17, 15) is 0 Å². The van der Waals surface area contributed by atoms with Gasteiger partial charge in [-0.25, -0.2) is 0 Å². The lowest BCUT2D eigenvalue weighted by atomic mass is 10.1. The van der Waals surface area contributed by atoms with Gasteiger partial charge in [-0.1, -0.05) is 0 Å². The summed E-state index contributed by atoms with van der Waals surface area (Å²) in [6.07, 6.45) is 6.04. The molecule has 122 valence electrons. The van der Waals surface area contributed by atoms with Crippen molar-refractivity contribution in [2.75, 3.05) is 46.4 Å². The van der Waals surface area contributed by atoms with Crippen LogP contribution in [-0.2, 0) is 9.47 Å². The molecule has 2 heterocycles. The Morgan fingerprint density at radius 2 is 1.70 bits per heavy atom. The van der Waals surface area contributed by atoms with Gasteiger partial charge in [0.2, 0.25) is 0 Å². The maximum absolute atomic E-state index is 5.51. The van der Waals surface area contributed by atoms with Crippen LogP contribution in [-0.4, -0.2) is 63.5 Å². The quantitative estimate of drug-likeness (QED) is 0.864.